The number of hydrogen-bond acceptors (Lipinski definition) is 3. The number of rotatable bonds is 2. The molecule has 0 aromatic rings. The van der Waals surface area contributed by atoms with Crippen molar-refractivity contribution in [2.75, 3.05) is 13.1 Å². The molecule has 0 aromatic carbocycles. The molecule has 0 aromatic heterocycles. The van der Waals surface area contributed by atoms with Crippen LogP contribution in [0, 0.1) is 5.92 Å². The Morgan fingerprint density at radius 2 is 2.29 bits per heavy atom. The molecule has 80 valence electrons. The third-order valence-corrected chi connectivity index (χ3v) is 3.41. The van der Waals surface area contributed by atoms with Crippen LogP contribution in [-0.4, -0.2) is 40.6 Å². The van der Waals surface area contributed by atoms with Crippen molar-refractivity contribution < 1.29 is 9.90 Å². The first-order chi connectivity index (χ1) is 6.53. The van der Waals surface area contributed by atoms with Gasteiger partial charge in [0.25, 0.3) is 0 Å². The van der Waals surface area contributed by atoms with Gasteiger partial charge >= 0.3 is 0 Å². The van der Waals surface area contributed by atoms with Crippen LogP contribution >= 0.6 is 0 Å². The van der Waals surface area contributed by atoms with Crippen molar-refractivity contribution in [2.24, 2.45) is 11.7 Å². The lowest BCUT2D eigenvalue weighted by molar-refractivity contribution is -0.132. The Labute approximate surface area is 84.1 Å². The summed E-state index contributed by atoms with van der Waals surface area (Å²) in [6, 6.07) is 0. The molecule has 2 atom stereocenters. The molecule has 0 radical (unpaired) electrons. The second kappa shape index (κ2) is 3.21. The van der Waals surface area contributed by atoms with E-state index in [-0.39, 0.29) is 17.9 Å². The lowest BCUT2D eigenvalue weighted by atomic mass is 10.0. The number of amides is 1. The van der Waals surface area contributed by atoms with Crippen LogP contribution in [0.3, 0.4) is 0 Å². The van der Waals surface area contributed by atoms with Gasteiger partial charge in [0, 0.05) is 19.0 Å². The molecule has 0 bridgehead atoms. The molecular weight excluding hydrogens is 180 g/mol. The van der Waals surface area contributed by atoms with Gasteiger partial charge in [0.2, 0.25) is 5.91 Å². The third kappa shape index (κ3) is 1.64. The van der Waals surface area contributed by atoms with Crippen molar-refractivity contribution in [3.05, 3.63) is 0 Å². The van der Waals surface area contributed by atoms with Gasteiger partial charge in [-0.25, -0.2) is 0 Å². The molecule has 1 aliphatic carbocycles. The van der Waals surface area contributed by atoms with E-state index in [1.807, 2.05) is 4.90 Å². The summed E-state index contributed by atoms with van der Waals surface area (Å²) in [7, 11) is 0. The fourth-order valence-corrected chi connectivity index (χ4v) is 2.03. The molecule has 1 heterocycles. The number of carbonyl (C=O) groups is 1. The van der Waals surface area contributed by atoms with Crippen LogP contribution < -0.4 is 5.73 Å². The van der Waals surface area contributed by atoms with Crippen molar-refractivity contribution in [3.63, 3.8) is 0 Å². The summed E-state index contributed by atoms with van der Waals surface area (Å²) >= 11 is 0. The summed E-state index contributed by atoms with van der Waals surface area (Å²) < 4.78 is 0. The van der Waals surface area contributed by atoms with Gasteiger partial charge in [-0.05, 0) is 26.2 Å². The molecule has 14 heavy (non-hydrogen) atoms. The zero-order valence-corrected chi connectivity index (χ0v) is 8.57. The highest BCUT2D eigenvalue weighted by molar-refractivity contribution is 5.89. The predicted molar refractivity (Wildman–Crippen MR) is 52.5 cm³/mol. The summed E-state index contributed by atoms with van der Waals surface area (Å²) in [5.74, 6) is 0.321. The van der Waals surface area contributed by atoms with Gasteiger partial charge in [0.15, 0.2) is 0 Å². The number of hydrogen-bond donors (Lipinski definition) is 2. The molecule has 1 aliphatic heterocycles. The van der Waals surface area contributed by atoms with Crippen molar-refractivity contribution in [2.45, 2.75) is 37.8 Å². The lowest BCUT2D eigenvalue weighted by Crippen LogP contribution is -2.44. The Bertz CT molecular complexity index is 249. The van der Waals surface area contributed by atoms with E-state index in [0.29, 0.717) is 6.54 Å². The quantitative estimate of drug-likeness (QED) is 0.640. The average Bonchev–Trinajstić information content (AvgIpc) is 2.69. The van der Waals surface area contributed by atoms with Crippen LogP contribution in [0.2, 0.25) is 0 Å². The van der Waals surface area contributed by atoms with Crippen molar-refractivity contribution in [3.8, 4) is 0 Å². The van der Waals surface area contributed by atoms with Gasteiger partial charge in [0.1, 0.15) is 0 Å². The van der Waals surface area contributed by atoms with E-state index >= 15 is 0 Å². The standard InChI is InChI=1S/C10H18N2O2/c1-7(13)8-2-5-12(6-8)9(14)10(11)3-4-10/h7-8,13H,2-6,11H2,1H3. The van der Waals surface area contributed by atoms with E-state index in [9.17, 15) is 9.90 Å². The Balaban J connectivity index is 1.92. The molecule has 4 heteroatoms. The lowest BCUT2D eigenvalue weighted by Gasteiger charge is -2.21. The minimum Gasteiger partial charge on any atom is -0.393 e. The van der Waals surface area contributed by atoms with Gasteiger partial charge in [-0.1, -0.05) is 0 Å². The molecule has 3 N–H and O–H groups in total. The molecule has 1 saturated heterocycles. The van der Waals surface area contributed by atoms with Crippen LogP contribution in [0.1, 0.15) is 26.2 Å². The highest BCUT2D eigenvalue weighted by Gasteiger charge is 2.49. The average molecular weight is 198 g/mol. The Kier molecular flexibility index (Phi) is 2.27. The van der Waals surface area contributed by atoms with Gasteiger partial charge in [0.05, 0.1) is 11.6 Å². The third-order valence-electron chi connectivity index (χ3n) is 3.41. The number of nitrogens with two attached hydrogens (primary N) is 1. The zero-order valence-electron chi connectivity index (χ0n) is 8.57. The molecule has 2 rings (SSSR count). The first kappa shape index (κ1) is 9.93. The molecule has 0 spiro atoms. The summed E-state index contributed by atoms with van der Waals surface area (Å²) in [4.78, 5) is 13.6. The van der Waals surface area contributed by atoms with Gasteiger partial charge in [-0.15, -0.1) is 0 Å². The van der Waals surface area contributed by atoms with Crippen molar-refractivity contribution >= 4 is 5.91 Å². The topological polar surface area (TPSA) is 66.6 Å². The number of aliphatic hydroxyl groups is 1. The van der Waals surface area contributed by atoms with Gasteiger partial charge in [-0.2, -0.15) is 0 Å². The number of likely N-dealkylation sites (tertiary alicyclic amines) is 1. The fourth-order valence-electron chi connectivity index (χ4n) is 2.03. The summed E-state index contributed by atoms with van der Waals surface area (Å²) in [6.45, 7) is 3.22. The van der Waals surface area contributed by atoms with Crippen LogP contribution in [0.15, 0.2) is 0 Å². The maximum Gasteiger partial charge on any atom is 0.242 e. The van der Waals surface area contributed by atoms with Gasteiger partial charge in [-0.3, -0.25) is 4.79 Å². The molecule has 2 unspecified atom stereocenters. The summed E-state index contributed by atoms with van der Waals surface area (Å²) in [6.07, 6.45) is 2.23. The predicted octanol–water partition coefficient (Wildman–Crippen LogP) is -0.293. The highest BCUT2D eigenvalue weighted by Crippen LogP contribution is 2.35. The molecule has 1 amide bonds. The van der Waals surface area contributed by atoms with E-state index in [1.54, 1.807) is 6.92 Å². The van der Waals surface area contributed by atoms with E-state index in [2.05, 4.69) is 0 Å². The molecule has 2 fully saturated rings. The summed E-state index contributed by atoms with van der Waals surface area (Å²) in [5, 5.41) is 9.40. The number of nitrogens with zero attached hydrogens (tertiary/aromatic N) is 1. The number of carbonyl (C=O) groups excluding carboxylic acids is 1. The fraction of sp³-hybridized carbons (Fsp3) is 0.900. The monoisotopic (exact) mass is 198 g/mol. The van der Waals surface area contributed by atoms with Crippen LogP contribution in [-0.2, 0) is 4.79 Å². The van der Waals surface area contributed by atoms with Crippen LogP contribution in [0.25, 0.3) is 0 Å². The molecule has 4 nitrogen and oxygen atoms in total. The molecule has 2 aliphatic rings. The van der Waals surface area contributed by atoms with E-state index in [1.165, 1.54) is 0 Å². The summed E-state index contributed by atoms with van der Waals surface area (Å²) in [5.41, 5.74) is 5.29. The van der Waals surface area contributed by atoms with Crippen molar-refractivity contribution in [1.82, 2.24) is 4.90 Å². The Morgan fingerprint density at radius 3 is 2.71 bits per heavy atom. The Morgan fingerprint density at radius 1 is 1.64 bits per heavy atom. The Hall–Kier alpha value is -0.610. The molecular formula is C10H18N2O2. The smallest absolute Gasteiger partial charge is 0.242 e. The second-order valence-electron chi connectivity index (χ2n) is 4.70. The van der Waals surface area contributed by atoms with E-state index < -0.39 is 5.54 Å². The van der Waals surface area contributed by atoms with Gasteiger partial charge < -0.3 is 15.7 Å². The maximum atomic E-state index is 11.8. The number of aliphatic hydroxyl groups excluding tert-OH is 1. The van der Waals surface area contributed by atoms with E-state index in [0.717, 1.165) is 25.8 Å². The minimum absolute atomic E-state index is 0.0839. The van der Waals surface area contributed by atoms with Crippen LogP contribution in [0.4, 0.5) is 0 Å². The highest BCUT2D eigenvalue weighted by atomic mass is 16.3. The normalized spacial score (nSPS) is 31.6. The van der Waals surface area contributed by atoms with Crippen molar-refractivity contribution in [1.29, 1.82) is 0 Å². The first-order valence-corrected chi connectivity index (χ1v) is 5.29. The zero-order chi connectivity index (χ0) is 10.3. The largest absolute Gasteiger partial charge is 0.393 e. The van der Waals surface area contributed by atoms with Crippen LogP contribution in [0.5, 0.6) is 0 Å². The molecule has 1 saturated carbocycles. The SMILES string of the molecule is CC(O)C1CCN(C(=O)C2(N)CC2)C1. The second-order valence-corrected chi connectivity index (χ2v) is 4.70. The maximum absolute atomic E-state index is 11.8. The first-order valence-electron chi connectivity index (χ1n) is 5.29. The van der Waals surface area contributed by atoms with E-state index in [4.69, 9.17) is 5.73 Å². The minimum atomic E-state index is -0.548.